The topological polar surface area (TPSA) is 26.7 Å². The first-order valence-electron chi connectivity index (χ1n) is 6.61. The van der Waals surface area contributed by atoms with E-state index in [0.717, 1.165) is 26.1 Å². The predicted molar refractivity (Wildman–Crippen MR) is 68.6 cm³/mol. The summed E-state index contributed by atoms with van der Waals surface area (Å²) in [7, 11) is 4.24. The summed E-state index contributed by atoms with van der Waals surface area (Å²) in [5.74, 6) is 0.504. The molecular formula is C13H28N2O. The van der Waals surface area contributed by atoms with Gasteiger partial charge in [-0.15, -0.1) is 0 Å². The van der Waals surface area contributed by atoms with Crippen molar-refractivity contribution < 1.29 is 5.11 Å². The summed E-state index contributed by atoms with van der Waals surface area (Å²) in [6, 6.07) is 0.577. The molecule has 0 amide bonds. The van der Waals surface area contributed by atoms with Gasteiger partial charge in [0, 0.05) is 19.1 Å². The lowest BCUT2D eigenvalue weighted by Gasteiger charge is -2.32. The van der Waals surface area contributed by atoms with Crippen molar-refractivity contribution in [2.75, 3.05) is 33.7 Å². The van der Waals surface area contributed by atoms with Gasteiger partial charge in [0.25, 0.3) is 0 Å². The molecule has 16 heavy (non-hydrogen) atoms. The van der Waals surface area contributed by atoms with Crippen LogP contribution in [0.4, 0.5) is 0 Å². The van der Waals surface area contributed by atoms with Gasteiger partial charge in [-0.1, -0.05) is 13.3 Å². The zero-order chi connectivity index (χ0) is 12.1. The summed E-state index contributed by atoms with van der Waals surface area (Å²) in [6.45, 7) is 7.74. The van der Waals surface area contributed by atoms with Crippen molar-refractivity contribution in [2.24, 2.45) is 5.92 Å². The summed E-state index contributed by atoms with van der Waals surface area (Å²) in [5, 5.41) is 9.86. The number of hydrogen-bond acceptors (Lipinski definition) is 3. The molecule has 3 heteroatoms. The first-order valence-corrected chi connectivity index (χ1v) is 6.61. The molecule has 0 saturated heterocycles. The first kappa shape index (κ1) is 13.9. The fraction of sp³-hybridized carbons (Fsp3) is 1.00. The number of likely N-dealkylation sites (N-methyl/N-ethyl adjacent to an activating group) is 2. The van der Waals surface area contributed by atoms with Gasteiger partial charge in [-0.25, -0.2) is 0 Å². The highest BCUT2D eigenvalue weighted by Crippen LogP contribution is 2.26. The zero-order valence-corrected chi connectivity index (χ0v) is 11.3. The van der Waals surface area contributed by atoms with E-state index in [1.165, 1.54) is 12.8 Å². The molecule has 0 aromatic rings. The Kier molecular flexibility index (Phi) is 5.73. The number of hydrogen-bond donors (Lipinski definition) is 1. The van der Waals surface area contributed by atoms with Crippen LogP contribution in [0.1, 0.15) is 33.1 Å². The maximum Gasteiger partial charge on any atom is 0.0580 e. The Hall–Kier alpha value is -0.120. The Morgan fingerprint density at radius 1 is 1.31 bits per heavy atom. The van der Waals surface area contributed by atoms with Crippen molar-refractivity contribution in [2.45, 2.75) is 45.3 Å². The van der Waals surface area contributed by atoms with Crippen LogP contribution in [0.25, 0.3) is 0 Å². The largest absolute Gasteiger partial charge is 0.393 e. The molecule has 0 aromatic carbocycles. The normalized spacial score (nSPS) is 27.9. The van der Waals surface area contributed by atoms with Gasteiger partial charge in [0.2, 0.25) is 0 Å². The molecule has 0 radical (unpaired) electrons. The molecule has 0 heterocycles. The third kappa shape index (κ3) is 4.04. The predicted octanol–water partition coefficient (Wildman–Crippen LogP) is 1.42. The molecule has 0 spiro atoms. The maximum atomic E-state index is 9.86. The molecule has 0 aromatic heterocycles. The van der Waals surface area contributed by atoms with Crippen molar-refractivity contribution in [3.8, 4) is 0 Å². The van der Waals surface area contributed by atoms with Crippen LogP contribution in [0.5, 0.6) is 0 Å². The second-order valence-corrected chi connectivity index (χ2v) is 5.46. The number of rotatable bonds is 6. The highest BCUT2D eigenvalue weighted by molar-refractivity contribution is 4.81. The Balaban J connectivity index is 2.41. The Bertz CT molecular complexity index is 196. The van der Waals surface area contributed by atoms with E-state index in [4.69, 9.17) is 0 Å². The molecule has 3 nitrogen and oxygen atoms in total. The standard InChI is InChI=1S/C13H28N2O/c1-5-15(11(2)9-14(3)4)10-12-7-6-8-13(12)16/h11-13,16H,5-10H2,1-4H3. The molecule has 1 aliphatic rings. The molecule has 3 unspecified atom stereocenters. The molecule has 3 atom stereocenters. The third-order valence-electron chi connectivity index (χ3n) is 3.75. The highest BCUT2D eigenvalue weighted by atomic mass is 16.3. The van der Waals surface area contributed by atoms with Gasteiger partial charge in [0.05, 0.1) is 6.10 Å². The second-order valence-electron chi connectivity index (χ2n) is 5.46. The Morgan fingerprint density at radius 3 is 2.44 bits per heavy atom. The SMILES string of the molecule is CCN(CC1CCCC1O)C(C)CN(C)C. The van der Waals surface area contributed by atoms with Gasteiger partial charge in [-0.3, -0.25) is 4.90 Å². The minimum absolute atomic E-state index is 0.0550. The molecule has 1 saturated carbocycles. The minimum atomic E-state index is -0.0550. The monoisotopic (exact) mass is 228 g/mol. The Labute approximate surface area is 100 Å². The van der Waals surface area contributed by atoms with E-state index in [9.17, 15) is 5.11 Å². The van der Waals surface area contributed by atoms with E-state index in [1.807, 2.05) is 0 Å². The lowest BCUT2D eigenvalue weighted by atomic mass is 10.0. The fourth-order valence-corrected chi connectivity index (χ4v) is 2.80. The van der Waals surface area contributed by atoms with Crippen LogP contribution in [0.2, 0.25) is 0 Å². The fourth-order valence-electron chi connectivity index (χ4n) is 2.80. The second kappa shape index (κ2) is 6.58. The summed E-state index contributed by atoms with van der Waals surface area (Å²) >= 11 is 0. The summed E-state index contributed by atoms with van der Waals surface area (Å²) in [5.41, 5.74) is 0. The van der Waals surface area contributed by atoms with Gasteiger partial charge in [-0.2, -0.15) is 0 Å². The molecule has 1 fully saturated rings. The van der Waals surface area contributed by atoms with Crippen LogP contribution in [0.15, 0.2) is 0 Å². The zero-order valence-electron chi connectivity index (χ0n) is 11.3. The van der Waals surface area contributed by atoms with Gasteiger partial charge >= 0.3 is 0 Å². The van der Waals surface area contributed by atoms with Crippen LogP contribution in [-0.4, -0.2) is 60.8 Å². The number of aliphatic hydroxyl groups excluding tert-OH is 1. The molecule has 1 aliphatic carbocycles. The van der Waals surface area contributed by atoms with Crippen molar-refractivity contribution in [3.05, 3.63) is 0 Å². The smallest absolute Gasteiger partial charge is 0.0580 e. The average Bonchev–Trinajstić information content (AvgIpc) is 2.59. The first-order chi connectivity index (χ1) is 7.54. The van der Waals surface area contributed by atoms with E-state index >= 15 is 0 Å². The highest BCUT2D eigenvalue weighted by Gasteiger charge is 2.28. The molecule has 0 aliphatic heterocycles. The molecule has 1 rings (SSSR count). The molecular weight excluding hydrogens is 200 g/mol. The molecule has 0 bridgehead atoms. The van der Waals surface area contributed by atoms with Gasteiger partial charge in [0.15, 0.2) is 0 Å². The van der Waals surface area contributed by atoms with Crippen LogP contribution in [0, 0.1) is 5.92 Å². The average molecular weight is 228 g/mol. The van der Waals surface area contributed by atoms with E-state index in [0.29, 0.717) is 12.0 Å². The van der Waals surface area contributed by atoms with E-state index in [1.54, 1.807) is 0 Å². The van der Waals surface area contributed by atoms with Crippen LogP contribution >= 0.6 is 0 Å². The van der Waals surface area contributed by atoms with Gasteiger partial charge in [0.1, 0.15) is 0 Å². The summed E-state index contributed by atoms with van der Waals surface area (Å²) in [4.78, 5) is 4.73. The quantitative estimate of drug-likeness (QED) is 0.745. The van der Waals surface area contributed by atoms with Crippen LogP contribution < -0.4 is 0 Å². The lowest BCUT2D eigenvalue weighted by Crippen LogP contribution is -2.43. The van der Waals surface area contributed by atoms with E-state index in [-0.39, 0.29) is 6.10 Å². The number of nitrogens with zero attached hydrogens (tertiary/aromatic N) is 2. The van der Waals surface area contributed by atoms with Crippen molar-refractivity contribution in [1.82, 2.24) is 9.80 Å². The summed E-state index contributed by atoms with van der Waals surface area (Å²) < 4.78 is 0. The third-order valence-corrected chi connectivity index (χ3v) is 3.75. The number of aliphatic hydroxyl groups is 1. The summed E-state index contributed by atoms with van der Waals surface area (Å²) in [6.07, 6.45) is 3.35. The van der Waals surface area contributed by atoms with E-state index < -0.39 is 0 Å². The van der Waals surface area contributed by atoms with Crippen molar-refractivity contribution >= 4 is 0 Å². The van der Waals surface area contributed by atoms with E-state index in [2.05, 4.69) is 37.7 Å². The van der Waals surface area contributed by atoms with Crippen LogP contribution in [-0.2, 0) is 0 Å². The Morgan fingerprint density at radius 2 is 2.00 bits per heavy atom. The molecule has 96 valence electrons. The van der Waals surface area contributed by atoms with Crippen LogP contribution in [0.3, 0.4) is 0 Å². The maximum absolute atomic E-state index is 9.86. The van der Waals surface area contributed by atoms with Gasteiger partial charge < -0.3 is 10.0 Å². The minimum Gasteiger partial charge on any atom is -0.393 e. The lowest BCUT2D eigenvalue weighted by molar-refractivity contribution is 0.0844. The van der Waals surface area contributed by atoms with Gasteiger partial charge in [-0.05, 0) is 46.3 Å². The van der Waals surface area contributed by atoms with Crippen molar-refractivity contribution in [3.63, 3.8) is 0 Å². The van der Waals surface area contributed by atoms with Crippen molar-refractivity contribution in [1.29, 1.82) is 0 Å². The molecule has 1 N–H and O–H groups in total.